The Kier molecular flexibility index (Phi) is 8.79. The van der Waals surface area contributed by atoms with Crippen molar-refractivity contribution < 1.29 is 14.7 Å². The van der Waals surface area contributed by atoms with Gasteiger partial charge in [0, 0.05) is 25.2 Å². The number of aromatic nitrogens is 2. The van der Waals surface area contributed by atoms with E-state index in [1.165, 1.54) is 32.1 Å². The molecular formula is C33H38N4O3. The predicted octanol–water partition coefficient (Wildman–Crippen LogP) is 7.49. The van der Waals surface area contributed by atoms with Gasteiger partial charge in [-0.3, -0.25) is 0 Å². The number of nitrogens with zero attached hydrogens (tertiary/aromatic N) is 2. The summed E-state index contributed by atoms with van der Waals surface area (Å²) in [5.74, 6) is 0.668. The fourth-order valence-corrected chi connectivity index (χ4v) is 5.65. The zero-order chi connectivity index (χ0) is 27.9. The third kappa shape index (κ3) is 6.53. The van der Waals surface area contributed by atoms with Gasteiger partial charge < -0.3 is 20.3 Å². The number of aryl methyl sites for hydroxylation is 1. The summed E-state index contributed by atoms with van der Waals surface area (Å²) in [6, 6.07) is 20.8. The zero-order valence-corrected chi connectivity index (χ0v) is 23.2. The molecule has 1 saturated carbocycles. The van der Waals surface area contributed by atoms with Crippen molar-refractivity contribution in [3.63, 3.8) is 0 Å². The highest BCUT2D eigenvalue weighted by molar-refractivity contribution is 5.96. The second-order valence-electron chi connectivity index (χ2n) is 10.8. The fourth-order valence-electron chi connectivity index (χ4n) is 5.65. The van der Waals surface area contributed by atoms with Gasteiger partial charge in [0.1, 0.15) is 5.82 Å². The van der Waals surface area contributed by atoms with Gasteiger partial charge in [-0.15, -0.1) is 0 Å². The number of imidazole rings is 1. The first-order valence-corrected chi connectivity index (χ1v) is 14.5. The van der Waals surface area contributed by atoms with Gasteiger partial charge in [-0.25, -0.2) is 14.6 Å². The first kappa shape index (κ1) is 27.4. The standard InChI is InChI=1S/C33H38N4O3/c1-2-3-13-31-36-29-19-18-26(35-33(40)34-21-23-9-5-4-6-10-23)20-30(29)37(31)22-24-14-16-25(17-15-24)27-11-7-8-12-28(27)32(38)39/h7-8,11-12,14-20,23H,2-6,9-10,13,21-22H2,1H3,(H,38,39)(H2,34,35,40). The Balaban J connectivity index is 1.36. The van der Waals surface area contributed by atoms with Crippen LogP contribution in [0.25, 0.3) is 22.2 Å². The van der Waals surface area contributed by atoms with Crippen molar-refractivity contribution in [2.75, 3.05) is 11.9 Å². The van der Waals surface area contributed by atoms with Gasteiger partial charge in [0.2, 0.25) is 0 Å². The monoisotopic (exact) mass is 538 g/mol. The van der Waals surface area contributed by atoms with Crippen molar-refractivity contribution in [2.45, 2.75) is 64.8 Å². The molecule has 0 radical (unpaired) electrons. The average Bonchev–Trinajstić information content (AvgIpc) is 3.32. The van der Waals surface area contributed by atoms with Crippen LogP contribution in [0.5, 0.6) is 0 Å². The van der Waals surface area contributed by atoms with E-state index in [-0.39, 0.29) is 6.03 Å². The Morgan fingerprint density at radius 1 is 1.00 bits per heavy atom. The van der Waals surface area contributed by atoms with Crippen LogP contribution >= 0.6 is 0 Å². The van der Waals surface area contributed by atoms with Gasteiger partial charge in [0.15, 0.2) is 0 Å². The number of urea groups is 1. The maximum absolute atomic E-state index is 12.6. The summed E-state index contributed by atoms with van der Waals surface area (Å²) >= 11 is 0. The Morgan fingerprint density at radius 2 is 1.77 bits per heavy atom. The molecule has 0 saturated heterocycles. The molecule has 3 aromatic carbocycles. The highest BCUT2D eigenvalue weighted by atomic mass is 16.4. The van der Waals surface area contributed by atoms with E-state index in [1.54, 1.807) is 12.1 Å². The summed E-state index contributed by atoms with van der Waals surface area (Å²) in [5.41, 5.74) is 5.60. The lowest BCUT2D eigenvalue weighted by Gasteiger charge is -2.21. The second-order valence-corrected chi connectivity index (χ2v) is 10.8. The first-order chi connectivity index (χ1) is 19.5. The highest BCUT2D eigenvalue weighted by Gasteiger charge is 2.16. The van der Waals surface area contributed by atoms with Crippen molar-refractivity contribution in [3.05, 3.63) is 83.7 Å². The number of amides is 2. The van der Waals surface area contributed by atoms with Crippen molar-refractivity contribution in [1.29, 1.82) is 0 Å². The number of unbranched alkanes of at least 4 members (excludes halogenated alkanes) is 1. The normalized spacial score (nSPS) is 13.8. The van der Waals surface area contributed by atoms with Crippen LogP contribution in [0.4, 0.5) is 10.5 Å². The number of hydrogen-bond acceptors (Lipinski definition) is 3. The maximum Gasteiger partial charge on any atom is 0.336 e. The Bertz CT molecular complexity index is 1470. The number of nitrogens with one attached hydrogen (secondary N) is 2. The zero-order valence-electron chi connectivity index (χ0n) is 23.2. The lowest BCUT2D eigenvalue weighted by molar-refractivity contribution is 0.0697. The molecule has 208 valence electrons. The van der Waals surface area contributed by atoms with Crippen LogP contribution in [-0.4, -0.2) is 33.2 Å². The molecule has 1 aliphatic rings. The molecule has 7 heteroatoms. The molecule has 3 N–H and O–H groups in total. The quantitative estimate of drug-likeness (QED) is 0.195. The Labute approximate surface area is 235 Å². The van der Waals surface area contributed by atoms with E-state index in [0.29, 0.717) is 23.6 Å². The molecule has 7 nitrogen and oxygen atoms in total. The number of hydrogen-bond donors (Lipinski definition) is 3. The smallest absolute Gasteiger partial charge is 0.336 e. The van der Waals surface area contributed by atoms with E-state index < -0.39 is 5.97 Å². The molecule has 40 heavy (non-hydrogen) atoms. The minimum absolute atomic E-state index is 0.167. The fraction of sp³-hybridized carbons (Fsp3) is 0.364. The van der Waals surface area contributed by atoms with Gasteiger partial charge >= 0.3 is 12.0 Å². The number of carboxylic acids is 1. The van der Waals surface area contributed by atoms with E-state index in [9.17, 15) is 14.7 Å². The molecule has 4 aromatic rings. The topological polar surface area (TPSA) is 96.3 Å². The van der Waals surface area contributed by atoms with Crippen molar-refractivity contribution in [1.82, 2.24) is 14.9 Å². The van der Waals surface area contributed by atoms with Crippen LogP contribution in [-0.2, 0) is 13.0 Å². The number of rotatable bonds is 10. The van der Waals surface area contributed by atoms with E-state index in [2.05, 4.69) is 22.1 Å². The van der Waals surface area contributed by atoms with Crippen LogP contribution in [0.15, 0.2) is 66.7 Å². The van der Waals surface area contributed by atoms with Gasteiger partial charge in [-0.1, -0.05) is 75.1 Å². The third-order valence-corrected chi connectivity index (χ3v) is 7.88. The molecule has 1 aromatic heterocycles. The van der Waals surface area contributed by atoms with Crippen molar-refractivity contribution in [3.8, 4) is 11.1 Å². The number of carbonyl (C=O) groups excluding carboxylic acids is 1. The molecule has 1 heterocycles. The minimum Gasteiger partial charge on any atom is -0.478 e. The van der Waals surface area contributed by atoms with Crippen LogP contribution in [0.1, 0.15) is 73.6 Å². The van der Waals surface area contributed by atoms with Crippen LogP contribution < -0.4 is 10.6 Å². The molecule has 0 bridgehead atoms. The predicted molar refractivity (Wildman–Crippen MR) is 160 cm³/mol. The maximum atomic E-state index is 12.6. The summed E-state index contributed by atoms with van der Waals surface area (Å²) < 4.78 is 2.23. The molecule has 1 aliphatic carbocycles. The lowest BCUT2D eigenvalue weighted by atomic mass is 9.89. The molecule has 0 aliphatic heterocycles. The van der Waals surface area contributed by atoms with E-state index >= 15 is 0 Å². The summed E-state index contributed by atoms with van der Waals surface area (Å²) in [7, 11) is 0. The number of carboxylic acid groups (broad SMARTS) is 1. The van der Waals surface area contributed by atoms with Crippen LogP contribution in [0.3, 0.4) is 0 Å². The van der Waals surface area contributed by atoms with E-state index in [0.717, 1.165) is 59.5 Å². The molecule has 0 spiro atoms. The number of aromatic carboxylic acids is 1. The van der Waals surface area contributed by atoms with Crippen LogP contribution in [0, 0.1) is 5.92 Å². The van der Waals surface area contributed by atoms with E-state index in [1.807, 2.05) is 54.6 Å². The van der Waals surface area contributed by atoms with Gasteiger partial charge in [-0.2, -0.15) is 0 Å². The third-order valence-electron chi connectivity index (χ3n) is 7.88. The van der Waals surface area contributed by atoms with Gasteiger partial charge in [0.05, 0.1) is 16.6 Å². The Morgan fingerprint density at radius 3 is 2.52 bits per heavy atom. The van der Waals surface area contributed by atoms with Gasteiger partial charge in [0.25, 0.3) is 0 Å². The van der Waals surface area contributed by atoms with Gasteiger partial charge in [-0.05, 0) is 66.1 Å². The first-order valence-electron chi connectivity index (χ1n) is 14.5. The SMILES string of the molecule is CCCCc1nc2ccc(NC(=O)NCC3CCCCC3)cc2n1Cc1ccc(-c2ccccc2C(=O)O)cc1. The number of carbonyl (C=O) groups is 2. The molecule has 0 atom stereocenters. The average molecular weight is 539 g/mol. The minimum atomic E-state index is -0.933. The summed E-state index contributed by atoms with van der Waals surface area (Å²) in [4.78, 5) is 29.3. The molecule has 5 rings (SSSR count). The Hall–Kier alpha value is -4.13. The summed E-state index contributed by atoms with van der Waals surface area (Å²) in [6.07, 6.45) is 9.20. The van der Waals surface area contributed by atoms with Crippen molar-refractivity contribution in [2.24, 2.45) is 5.92 Å². The summed E-state index contributed by atoms with van der Waals surface area (Å²) in [5, 5.41) is 15.7. The molecular weight excluding hydrogens is 500 g/mol. The van der Waals surface area contributed by atoms with Crippen molar-refractivity contribution >= 4 is 28.7 Å². The molecule has 0 unspecified atom stereocenters. The van der Waals surface area contributed by atoms with E-state index in [4.69, 9.17) is 4.98 Å². The number of anilines is 1. The number of fused-ring (bicyclic) bond motifs is 1. The summed E-state index contributed by atoms with van der Waals surface area (Å²) in [6.45, 7) is 3.53. The molecule has 1 fully saturated rings. The second kappa shape index (κ2) is 12.8. The van der Waals surface area contributed by atoms with Crippen LogP contribution in [0.2, 0.25) is 0 Å². The number of benzene rings is 3. The largest absolute Gasteiger partial charge is 0.478 e. The molecule has 2 amide bonds. The lowest BCUT2D eigenvalue weighted by Crippen LogP contribution is -2.33. The highest BCUT2D eigenvalue weighted by Crippen LogP contribution is 2.27.